The molecule has 20 heavy (non-hydrogen) atoms. The van der Waals surface area contributed by atoms with Gasteiger partial charge in [0.25, 0.3) is 0 Å². The lowest BCUT2D eigenvalue weighted by Gasteiger charge is -2.32. The number of nitrogens with zero attached hydrogens (tertiary/aromatic N) is 1. The molecule has 0 unspecified atom stereocenters. The van der Waals surface area contributed by atoms with Crippen molar-refractivity contribution in [2.45, 2.75) is 20.4 Å². The van der Waals surface area contributed by atoms with Crippen LogP contribution >= 0.6 is 15.9 Å². The van der Waals surface area contributed by atoms with Gasteiger partial charge in [0.15, 0.2) is 0 Å². The second kappa shape index (κ2) is 5.49. The molecule has 0 spiro atoms. The van der Waals surface area contributed by atoms with Gasteiger partial charge in [-0.05, 0) is 43.2 Å². The van der Waals surface area contributed by atoms with Crippen LogP contribution < -0.4 is 9.64 Å². The number of halogens is 1. The molecule has 2 nitrogen and oxygen atoms in total. The van der Waals surface area contributed by atoms with E-state index in [2.05, 4.69) is 65.0 Å². The Labute approximate surface area is 128 Å². The quantitative estimate of drug-likeness (QED) is 0.805. The van der Waals surface area contributed by atoms with Crippen molar-refractivity contribution in [3.63, 3.8) is 0 Å². The minimum absolute atomic E-state index is 0.744. The summed E-state index contributed by atoms with van der Waals surface area (Å²) in [5.74, 6) is 0.968. The number of hydrogen-bond acceptors (Lipinski definition) is 2. The lowest BCUT2D eigenvalue weighted by atomic mass is 10.0. The van der Waals surface area contributed by atoms with Crippen LogP contribution in [0.1, 0.15) is 16.7 Å². The second-order valence-electron chi connectivity index (χ2n) is 5.31. The maximum atomic E-state index is 5.75. The molecule has 0 aliphatic carbocycles. The molecular formula is C17H18BrNO. The maximum Gasteiger partial charge on any atom is 0.143 e. The number of ether oxygens (including phenoxy) is 1. The van der Waals surface area contributed by atoms with Crippen LogP contribution in [0.2, 0.25) is 0 Å². The van der Waals surface area contributed by atoms with Gasteiger partial charge in [0.05, 0.1) is 12.2 Å². The summed E-state index contributed by atoms with van der Waals surface area (Å²) in [5.41, 5.74) is 5.23. The van der Waals surface area contributed by atoms with Crippen LogP contribution in [0.3, 0.4) is 0 Å². The zero-order chi connectivity index (χ0) is 14.1. The van der Waals surface area contributed by atoms with Gasteiger partial charge in [-0.2, -0.15) is 0 Å². The molecule has 0 bridgehead atoms. The number of hydrogen-bond donors (Lipinski definition) is 0. The molecule has 2 aromatic carbocycles. The number of fused-ring (bicyclic) bond motifs is 1. The van der Waals surface area contributed by atoms with E-state index in [0.29, 0.717) is 0 Å². The van der Waals surface area contributed by atoms with Crippen molar-refractivity contribution in [1.29, 1.82) is 0 Å². The zero-order valence-corrected chi connectivity index (χ0v) is 13.4. The van der Waals surface area contributed by atoms with E-state index in [1.807, 2.05) is 6.07 Å². The van der Waals surface area contributed by atoms with Crippen molar-refractivity contribution in [3.05, 3.63) is 57.6 Å². The van der Waals surface area contributed by atoms with Gasteiger partial charge in [-0.3, -0.25) is 0 Å². The van der Waals surface area contributed by atoms with E-state index in [1.54, 1.807) is 0 Å². The molecule has 0 fully saturated rings. The van der Waals surface area contributed by atoms with Crippen molar-refractivity contribution >= 4 is 21.6 Å². The van der Waals surface area contributed by atoms with Crippen molar-refractivity contribution in [2.24, 2.45) is 0 Å². The molecule has 3 rings (SSSR count). The Morgan fingerprint density at radius 1 is 1.15 bits per heavy atom. The Kier molecular flexibility index (Phi) is 3.70. The van der Waals surface area contributed by atoms with Crippen molar-refractivity contribution < 1.29 is 4.74 Å². The Morgan fingerprint density at radius 2 is 2.00 bits per heavy atom. The summed E-state index contributed by atoms with van der Waals surface area (Å²) in [4.78, 5) is 2.40. The van der Waals surface area contributed by atoms with Crippen molar-refractivity contribution in [3.8, 4) is 5.75 Å². The second-order valence-corrected chi connectivity index (χ2v) is 6.23. The largest absolute Gasteiger partial charge is 0.490 e. The number of rotatable bonds is 2. The lowest BCUT2D eigenvalue weighted by Crippen LogP contribution is -2.32. The molecule has 1 aliphatic rings. The van der Waals surface area contributed by atoms with Crippen LogP contribution in [-0.2, 0) is 6.54 Å². The molecule has 3 heteroatoms. The summed E-state index contributed by atoms with van der Waals surface area (Å²) in [7, 11) is 0. The predicted octanol–water partition coefficient (Wildman–Crippen LogP) is 4.46. The fourth-order valence-electron chi connectivity index (χ4n) is 2.59. The fourth-order valence-corrected chi connectivity index (χ4v) is 2.93. The van der Waals surface area contributed by atoms with E-state index in [1.165, 1.54) is 22.4 Å². The molecule has 0 atom stereocenters. The lowest BCUT2D eigenvalue weighted by molar-refractivity contribution is 0.306. The third-order valence-corrected chi connectivity index (χ3v) is 4.24. The first-order valence-electron chi connectivity index (χ1n) is 6.87. The molecule has 0 amide bonds. The van der Waals surface area contributed by atoms with Crippen LogP contribution in [0, 0.1) is 13.8 Å². The standard InChI is InChI=1S/C17H18BrNO/c1-12-3-4-13(2)14(9-12)11-19-7-8-20-17-10-15(18)5-6-16(17)19/h3-6,9-10H,7-8,11H2,1-2H3. The molecular weight excluding hydrogens is 314 g/mol. The first-order chi connectivity index (χ1) is 9.63. The monoisotopic (exact) mass is 331 g/mol. The molecule has 0 N–H and O–H groups in total. The molecule has 2 aromatic rings. The van der Waals surface area contributed by atoms with Crippen LogP contribution in [0.25, 0.3) is 0 Å². The SMILES string of the molecule is Cc1ccc(C)c(CN2CCOc3cc(Br)ccc32)c1. The average Bonchev–Trinajstić information content (AvgIpc) is 2.43. The molecule has 0 saturated carbocycles. The summed E-state index contributed by atoms with van der Waals surface area (Å²) < 4.78 is 6.81. The van der Waals surface area contributed by atoms with Gasteiger partial charge in [-0.25, -0.2) is 0 Å². The van der Waals surface area contributed by atoms with E-state index >= 15 is 0 Å². The van der Waals surface area contributed by atoms with Gasteiger partial charge < -0.3 is 9.64 Å². The molecule has 0 radical (unpaired) electrons. The van der Waals surface area contributed by atoms with Crippen LogP contribution in [0.5, 0.6) is 5.75 Å². The van der Waals surface area contributed by atoms with Crippen LogP contribution in [0.15, 0.2) is 40.9 Å². The summed E-state index contributed by atoms with van der Waals surface area (Å²) in [5, 5.41) is 0. The van der Waals surface area contributed by atoms with Gasteiger partial charge >= 0.3 is 0 Å². The normalized spacial score (nSPS) is 13.8. The summed E-state index contributed by atoms with van der Waals surface area (Å²) >= 11 is 3.50. The minimum Gasteiger partial charge on any atom is -0.490 e. The Morgan fingerprint density at radius 3 is 2.85 bits per heavy atom. The molecule has 1 heterocycles. The van der Waals surface area contributed by atoms with E-state index in [9.17, 15) is 0 Å². The van der Waals surface area contributed by atoms with Gasteiger partial charge in [0.2, 0.25) is 0 Å². The Balaban J connectivity index is 1.91. The van der Waals surface area contributed by atoms with Gasteiger partial charge in [-0.15, -0.1) is 0 Å². The fraction of sp³-hybridized carbons (Fsp3) is 0.294. The minimum atomic E-state index is 0.744. The highest BCUT2D eigenvalue weighted by atomic mass is 79.9. The predicted molar refractivity (Wildman–Crippen MR) is 86.6 cm³/mol. The van der Waals surface area contributed by atoms with Crippen molar-refractivity contribution in [1.82, 2.24) is 0 Å². The third kappa shape index (κ3) is 2.68. The summed E-state index contributed by atoms with van der Waals surface area (Å²) in [6.45, 7) is 6.94. The third-order valence-electron chi connectivity index (χ3n) is 3.75. The molecule has 104 valence electrons. The number of benzene rings is 2. The highest BCUT2D eigenvalue weighted by Gasteiger charge is 2.18. The van der Waals surface area contributed by atoms with Crippen LogP contribution in [0.4, 0.5) is 5.69 Å². The first kappa shape index (κ1) is 13.5. The van der Waals surface area contributed by atoms with Gasteiger partial charge in [0, 0.05) is 11.0 Å². The van der Waals surface area contributed by atoms with E-state index < -0.39 is 0 Å². The molecule has 1 aliphatic heterocycles. The number of aryl methyl sites for hydroxylation is 2. The van der Waals surface area contributed by atoms with E-state index in [4.69, 9.17) is 4.74 Å². The van der Waals surface area contributed by atoms with E-state index in [0.717, 1.165) is 29.9 Å². The smallest absolute Gasteiger partial charge is 0.143 e. The maximum absolute atomic E-state index is 5.75. The Bertz CT molecular complexity index is 639. The topological polar surface area (TPSA) is 12.5 Å². The van der Waals surface area contributed by atoms with Crippen molar-refractivity contribution in [2.75, 3.05) is 18.1 Å². The highest BCUT2D eigenvalue weighted by molar-refractivity contribution is 9.10. The molecule has 0 aromatic heterocycles. The van der Waals surface area contributed by atoms with E-state index in [-0.39, 0.29) is 0 Å². The Hall–Kier alpha value is -1.48. The van der Waals surface area contributed by atoms with Crippen LogP contribution in [-0.4, -0.2) is 13.2 Å². The first-order valence-corrected chi connectivity index (χ1v) is 7.66. The zero-order valence-electron chi connectivity index (χ0n) is 11.8. The van der Waals surface area contributed by atoms with Gasteiger partial charge in [-0.1, -0.05) is 39.7 Å². The summed E-state index contributed by atoms with van der Waals surface area (Å²) in [6.07, 6.45) is 0. The van der Waals surface area contributed by atoms with Gasteiger partial charge in [0.1, 0.15) is 12.4 Å². The highest BCUT2D eigenvalue weighted by Crippen LogP contribution is 2.35. The molecule has 0 saturated heterocycles. The average molecular weight is 332 g/mol. The summed E-state index contributed by atoms with van der Waals surface area (Å²) in [6, 6.07) is 12.9. The number of anilines is 1.